The molecule has 1 N–H and O–H groups in total. The molecule has 1 heterocycles. The number of benzene rings is 2. The van der Waals surface area contributed by atoms with Gasteiger partial charge < -0.3 is 5.32 Å². The molecule has 0 spiro atoms. The van der Waals surface area contributed by atoms with Crippen molar-refractivity contribution in [3.8, 4) is 17.2 Å². The third kappa shape index (κ3) is 7.12. The predicted molar refractivity (Wildman–Crippen MR) is 139 cm³/mol. The van der Waals surface area contributed by atoms with Gasteiger partial charge in [0.2, 0.25) is 5.91 Å². The van der Waals surface area contributed by atoms with Crippen molar-refractivity contribution < 1.29 is 4.79 Å². The molecular formula is C27H29N3OS2. The Hall–Kier alpha value is -2.75. The van der Waals surface area contributed by atoms with Gasteiger partial charge in [-0.25, -0.2) is 0 Å². The number of pyridine rings is 1. The van der Waals surface area contributed by atoms with Crippen LogP contribution in [0.25, 0.3) is 11.1 Å². The van der Waals surface area contributed by atoms with Crippen LogP contribution in [-0.2, 0) is 4.79 Å². The molecule has 0 aliphatic rings. The number of carbonyl (C=O) groups excluding carboxylic acids is 1. The molecule has 6 heteroatoms. The summed E-state index contributed by atoms with van der Waals surface area (Å²) in [5.74, 6) is 0.257. The first-order valence-corrected chi connectivity index (χ1v) is 13.1. The van der Waals surface area contributed by atoms with Gasteiger partial charge in [0.25, 0.3) is 0 Å². The molecule has 0 radical (unpaired) electrons. The Balaban J connectivity index is 1.90. The van der Waals surface area contributed by atoms with E-state index in [-0.39, 0.29) is 23.0 Å². The van der Waals surface area contributed by atoms with Gasteiger partial charge in [-0.3, -0.25) is 9.78 Å². The second-order valence-corrected chi connectivity index (χ2v) is 10.3. The number of nitriles is 1. The minimum absolute atomic E-state index is 0.0201. The molecule has 33 heavy (non-hydrogen) atoms. The molecule has 3 rings (SSSR count). The van der Waals surface area contributed by atoms with E-state index in [1.807, 2.05) is 30.5 Å². The quantitative estimate of drug-likeness (QED) is 0.273. The van der Waals surface area contributed by atoms with E-state index in [4.69, 9.17) is 10.2 Å². The molecule has 0 aliphatic carbocycles. The summed E-state index contributed by atoms with van der Waals surface area (Å²) in [6.45, 7) is 4.24. The van der Waals surface area contributed by atoms with Crippen molar-refractivity contribution in [2.45, 2.75) is 35.7 Å². The zero-order chi connectivity index (χ0) is 23.6. The maximum atomic E-state index is 12.8. The molecule has 3 aromatic rings. The summed E-state index contributed by atoms with van der Waals surface area (Å²) in [4.78, 5) is 18.9. The molecule has 2 unspecified atom stereocenters. The van der Waals surface area contributed by atoms with E-state index >= 15 is 0 Å². The Morgan fingerprint density at radius 3 is 2.30 bits per heavy atom. The third-order valence-corrected chi connectivity index (χ3v) is 7.47. The molecule has 2 atom stereocenters. The van der Waals surface area contributed by atoms with Gasteiger partial charge in [0.05, 0.1) is 22.3 Å². The fraction of sp³-hybridized carbons (Fsp3) is 0.296. The summed E-state index contributed by atoms with van der Waals surface area (Å²) in [7, 11) is 0. The van der Waals surface area contributed by atoms with E-state index in [9.17, 15) is 4.79 Å². The second-order valence-electron chi connectivity index (χ2n) is 8.12. The van der Waals surface area contributed by atoms with E-state index in [1.165, 1.54) is 4.90 Å². The largest absolute Gasteiger partial charge is 0.342 e. The van der Waals surface area contributed by atoms with Crippen molar-refractivity contribution in [2.24, 2.45) is 5.92 Å². The number of hydrogen-bond donors (Lipinski definition) is 1. The first kappa shape index (κ1) is 24.9. The zero-order valence-corrected chi connectivity index (χ0v) is 20.8. The Kier molecular flexibility index (Phi) is 9.41. The number of thioether (sulfide) groups is 2. The van der Waals surface area contributed by atoms with Crippen LogP contribution in [0, 0.1) is 17.2 Å². The summed E-state index contributed by atoms with van der Waals surface area (Å²) < 4.78 is 0. The van der Waals surface area contributed by atoms with Gasteiger partial charge >= 0.3 is 0 Å². The van der Waals surface area contributed by atoms with Gasteiger partial charge in [-0.05, 0) is 47.9 Å². The van der Waals surface area contributed by atoms with Gasteiger partial charge in [0.1, 0.15) is 6.54 Å². The molecular weight excluding hydrogens is 446 g/mol. The van der Waals surface area contributed by atoms with E-state index in [0.29, 0.717) is 5.92 Å². The highest BCUT2D eigenvalue weighted by Crippen LogP contribution is 2.39. The lowest BCUT2D eigenvalue weighted by atomic mass is 10.1. The van der Waals surface area contributed by atoms with Crippen LogP contribution in [0.1, 0.15) is 36.8 Å². The van der Waals surface area contributed by atoms with E-state index in [0.717, 1.165) is 28.8 Å². The minimum atomic E-state index is -0.274. The number of carbonyl (C=O) groups is 1. The Bertz CT molecular complexity index is 1060. The van der Waals surface area contributed by atoms with Gasteiger partial charge in [-0.1, -0.05) is 62.4 Å². The molecule has 170 valence electrons. The van der Waals surface area contributed by atoms with Crippen LogP contribution in [0.15, 0.2) is 77.8 Å². The fourth-order valence-corrected chi connectivity index (χ4v) is 5.55. The van der Waals surface area contributed by atoms with Gasteiger partial charge in [-0.2, -0.15) is 5.26 Å². The normalized spacial score (nSPS) is 12.7. The molecule has 0 saturated carbocycles. The number of nitrogens with one attached hydrogen (secondary N) is 1. The van der Waals surface area contributed by atoms with E-state index < -0.39 is 0 Å². The Labute approximate surface area is 205 Å². The SMILES string of the molecule is CSc1ccc(-c2ccc(C(SC(CC(C)C)C(=O)NCC#N)c3ccccc3)nc2)cc1. The first-order chi connectivity index (χ1) is 16.0. The molecule has 0 saturated heterocycles. The average Bonchev–Trinajstić information content (AvgIpc) is 2.85. The molecule has 2 aromatic carbocycles. The van der Waals surface area contributed by atoms with Crippen LogP contribution in [0.4, 0.5) is 0 Å². The Morgan fingerprint density at radius 2 is 1.73 bits per heavy atom. The highest BCUT2D eigenvalue weighted by atomic mass is 32.2. The van der Waals surface area contributed by atoms with Crippen LogP contribution in [0.3, 0.4) is 0 Å². The smallest absolute Gasteiger partial charge is 0.233 e. The lowest BCUT2D eigenvalue weighted by molar-refractivity contribution is -0.120. The van der Waals surface area contributed by atoms with Crippen LogP contribution < -0.4 is 5.32 Å². The highest BCUT2D eigenvalue weighted by Gasteiger charge is 2.27. The topological polar surface area (TPSA) is 65.8 Å². The summed E-state index contributed by atoms with van der Waals surface area (Å²) in [5.41, 5.74) is 4.21. The second kappa shape index (κ2) is 12.5. The van der Waals surface area contributed by atoms with Crippen LogP contribution in [0.5, 0.6) is 0 Å². The number of rotatable bonds is 10. The first-order valence-electron chi connectivity index (χ1n) is 11.0. The third-order valence-electron chi connectivity index (χ3n) is 5.20. The van der Waals surface area contributed by atoms with E-state index in [1.54, 1.807) is 23.5 Å². The van der Waals surface area contributed by atoms with Crippen molar-refractivity contribution in [1.29, 1.82) is 5.26 Å². The summed E-state index contributed by atoms with van der Waals surface area (Å²) in [6, 6.07) is 24.8. The summed E-state index contributed by atoms with van der Waals surface area (Å²) in [5, 5.41) is 11.3. The number of hydrogen-bond acceptors (Lipinski definition) is 5. The summed E-state index contributed by atoms with van der Waals surface area (Å²) >= 11 is 3.33. The number of aromatic nitrogens is 1. The minimum Gasteiger partial charge on any atom is -0.342 e. The van der Waals surface area contributed by atoms with E-state index in [2.05, 4.69) is 74.0 Å². The van der Waals surface area contributed by atoms with Crippen molar-refractivity contribution >= 4 is 29.4 Å². The standard InChI is InChI=1S/C27H29N3OS2/c1-19(2)17-25(27(31)29-16-15-28)33-26(21-7-5-4-6-8-21)24-14-11-22(18-30-24)20-9-12-23(32-3)13-10-20/h4-14,18-19,25-26H,16-17H2,1-3H3,(H,29,31). The van der Waals surface area contributed by atoms with Crippen molar-refractivity contribution in [1.82, 2.24) is 10.3 Å². The number of nitrogens with zero attached hydrogens (tertiary/aromatic N) is 2. The van der Waals surface area contributed by atoms with Crippen molar-refractivity contribution in [3.05, 3.63) is 84.2 Å². The van der Waals surface area contributed by atoms with Crippen LogP contribution in [-0.4, -0.2) is 28.9 Å². The maximum Gasteiger partial charge on any atom is 0.233 e. The molecule has 1 aromatic heterocycles. The van der Waals surface area contributed by atoms with Crippen LogP contribution >= 0.6 is 23.5 Å². The Morgan fingerprint density at radius 1 is 1.03 bits per heavy atom. The molecule has 1 amide bonds. The zero-order valence-electron chi connectivity index (χ0n) is 19.2. The van der Waals surface area contributed by atoms with Crippen molar-refractivity contribution in [3.63, 3.8) is 0 Å². The molecule has 0 aliphatic heterocycles. The molecule has 4 nitrogen and oxygen atoms in total. The highest BCUT2D eigenvalue weighted by molar-refractivity contribution is 8.01. The van der Waals surface area contributed by atoms with Gasteiger partial charge in [0, 0.05) is 16.7 Å². The molecule has 0 fully saturated rings. The van der Waals surface area contributed by atoms with Crippen LogP contribution in [0.2, 0.25) is 0 Å². The average molecular weight is 476 g/mol. The maximum absolute atomic E-state index is 12.8. The predicted octanol–water partition coefficient (Wildman–Crippen LogP) is 6.35. The summed E-state index contributed by atoms with van der Waals surface area (Å²) in [6.07, 6.45) is 4.71. The number of amides is 1. The lowest BCUT2D eigenvalue weighted by Crippen LogP contribution is -2.34. The lowest BCUT2D eigenvalue weighted by Gasteiger charge is -2.24. The van der Waals surface area contributed by atoms with Gasteiger partial charge in [-0.15, -0.1) is 23.5 Å². The van der Waals surface area contributed by atoms with Gasteiger partial charge in [0.15, 0.2) is 0 Å². The molecule has 0 bridgehead atoms. The van der Waals surface area contributed by atoms with Crippen molar-refractivity contribution in [2.75, 3.05) is 12.8 Å². The monoisotopic (exact) mass is 475 g/mol. The fourth-order valence-electron chi connectivity index (χ4n) is 3.52.